The fourth-order valence-corrected chi connectivity index (χ4v) is 1.85. The summed E-state index contributed by atoms with van der Waals surface area (Å²) >= 11 is 0. The summed E-state index contributed by atoms with van der Waals surface area (Å²) in [5.74, 6) is 0. The first-order valence-corrected chi connectivity index (χ1v) is 6.54. The molecule has 0 spiro atoms. The molecule has 1 aromatic rings. The van der Waals surface area contributed by atoms with Gasteiger partial charge in [0, 0.05) is 7.11 Å². The van der Waals surface area contributed by atoms with Crippen molar-refractivity contribution in [3.05, 3.63) is 34.9 Å². The first-order chi connectivity index (χ1) is 9.15. The molecule has 1 N–H and O–H groups in total. The molecule has 19 heavy (non-hydrogen) atoms. The molecule has 0 amide bonds. The summed E-state index contributed by atoms with van der Waals surface area (Å²) in [6, 6.07) is 6.01. The fraction of sp³-hybridized carbons (Fsp3) is 0.600. The van der Waals surface area contributed by atoms with Gasteiger partial charge >= 0.3 is 0 Å². The summed E-state index contributed by atoms with van der Waals surface area (Å²) in [6.07, 6.45) is -0.584. The number of methoxy groups -OCH3 is 1. The van der Waals surface area contributed by atoms with Gasteiger partial charge in [0.1, 0.15) is 6.10 Å². The minimum atomic E-state index is -0.584. The van der Waals surface area contributed by atoms with Crippen molar-refractivity contribution in [3.63, 3.8) is 0 Å². The van der Waals surface area contributed by atoms with Crippen molar-refractivity contribution >= 4 is 0 Å². The maximum atomic E-state index is 10.0. The van der Waals surface area contributed by atoms with Gasteiger partial charge in [-0.3, -0.25) is 0 Å². The minimum absolute atomic E-state index is 0.289. The van der Waals surface area contributed by atoms with Crippen LogP contribution in [0.1, 0.15) is 22.8 Å². The Kier molecular flexibility index (Phi) is 7.67. The molecule has 0 heterocycles. The summed E-state index contributed by atoms with van der Waals surface area (Å²) in [5.41, 5.74) is 3.21. The smallest absolute Gasteiger partial charge is 0.103 e. The normalized spacial score (nSPS) is 12.6. The average molecular weight is 268 g/mol. The summed E-state index contributed by atoms with van der Waals surface area (Å²) < 4.78 is 15.5. The minimum Gasteiger partial charge on any atom is -0.386 e. The third kappa shape index (κ3) is 6.16. The molecule has 0 saturated carbocycles. The van der Waals surface area contributed by atoms with E-state index in [9.17, 15) is 5.11 Å². The second kappa shape index (κ2) is 9.04. The molecule has 0 radical (unpaired) electrons. The number of aliphatic hydroxyl groups is 1. The van der Waals surface area contributed by atoms with Crippen molar-refractivity contribution < 1.29 is 19.3 Å². The number of hydrogen-bond acceptors (Lipinski definition) is 4. The topological polar surface area (TPSA) is 47.9 Å². The predicted molar refractivity (Wildman–Crippen MR) is 74.4 cm³/mol. The van der Waals surface area contributed by atoms with Gasteiger partial charge < -0.3 is 19.3 Å². The molecule has 1 aromatic carbocycles. The molecular formula is C15H24O4. The molecule has 0 fully saturated rings. The van der Waals surface area contributed by atoms with Crippen molar-refractivity contribution in [1.82, 2.24) is 0 Å². The first kappa shape index (κ1) is 16.1. The predicted octanol–water partition coefficient (Wildman–Crippen LogP) is 2.02. The van der Waals surface area contributed by atoms with Crippen molar-refractivity contribution in [3.8, 4) is 0 Å². The number of hydrogen-bond donors (Lipinski definition) is 1. The van der Waals surface area contributed by atoms with Gasteiger partial charge in [-0.25, -0.2) is 0 Å². The molecule has 0 aliphatic heterocycles. The molecule has 0 aliphatic rings. The van der Waals surface area contributed by atoms with Crippen LogP contribution in [0.3, 0.4) is 0 Å². The molecule has 0 aromatic heterocycles. The maximum absolute atomic E-state index is 10.0. The summed E-state index contributed by atoms with van der Waals surface area (Å²) in [4.78, 5) is 0. The highest BCUT2D eigenvalue weighted by atomic mass is 16.5. The van der Waals surface area contributed by atoms with Crippen LogP contribution in [-0.2, 0) is 14.2 Å². The number of rotatable bonds is 9. The van der Waals surface area contributed by atoms with Gasteiger partial charge in [-0.05, 0) is 25.0 Å². The molecule has 4 nitrogen and oxygen atoms in total. The van der Waals surface area contributed by atoms with Crippen LogP contribution >= 0.6 is 0 Å². The lowest BCUT2D eigenvalue weighted by Gasteiger charge is -2.14. The Hall–Kier alpha value is -0.940. The third-order valence-corrected chi connectivity index (χ3v) is 2.86. The van der Waals surface area contributed by atoms with E-state index in [2.05, 4.69) is 6.07 Å². The zero-order valence-corrected chi connectivity index (χ0v) is 12.0. The van der Waals surface area contributed by atoms with Crippen LogP contribution in [0.25, 0.3) is 0 Å². The van der Waals surface area contributed by atoms with Gasteiger partial charge in [-0.2, -0.15) is 0 Å². The standard InChI is InChI=1S/C15H24O4/c1-12-4-5-14(13(2)10-12)15(16)11-19-9-8-18-7-6-17-3/h4-5,10,15-16H,6-9,11H2,1-3H3. The second-order valence-corrected chi connectivity index (χ2v) is 4.56. The number of ether oxygens (including phenoxy) is 3. The van der Waals surface area contributed by atoms with E-state index in [0.29, 0.717) is 26.4 Å². The van der Waals surface area contributed by atoms with Gasteiger partial charge in [0.05, 0.1) is 33.0 Å². The fourth-order valence-electron chi connectivity index (χ4n) is 1.85. The average Bonchev–Trinajstić information content (AvgIpc) is 2.37. The van der Waals surface area contributed by atoms with E-state index in [1.165, 1.54) is 5.56 Å². The van der Waals surface area contributed by atoms with Gasteiger partial charge in [0.15, 0.2) is 0 Å². The molecule has 1 unspecified atom stereocenters. The Bertz CT molecular complexity index is 365. The molecule has 0 saturated heterocycles. The molecule has 4 heteroatoms. The van der Waals surface area contributed by atoms with Gasteiger partial charge in [0.2, 0.25) is 0 Å². The SMILES string of the molecule is COCCOCCOCC(O)c1ccc(C)cc1C. The maximum Gasteiger partial charge on any atom is 0.103 e. The molecule has 1 rings (SSSR count). The Morgan fingerprint density at radius 1 is 1.05 bits per heavy atom. The van der Waals surface area contributed by atoms with Gasteiger partial charge in [-0.15, -0.1) is 0 Å². The zero-order valence-electron chi connectivity index (χ0n) is 12.0. The summed E-state index contributed by atoms with van der Waals surface area (Å²) in [5, 5.41) is 10.0. The van der Waals surface area contributed by atoms with Crippen LogP contribution in [0.5, 0.6) is 0 Å². The quantitative estimate of drug-likeness (QED) is 0.696. The second-order valence-electron chi connectivity index (χ2n) is 4.56. The molecule has 0 aliphatic carbocycles. The van der Waals surface area contributed by atoms with E-state index in [1.54, 1.807) is 7.11 Å². The van der Waals surface area contributed by atoms with Crippen LogP contribution in [0.2, 0.25) is 0 Å². The Labute approximate surface area is 115 Å². The van der Waals surface area contributed by atoms with Crippen LogP contribution in [0.15, 0.2) is 18.2 Å². The van der Waals surface area contributed by atoms with E-state index in [1.807, 2.05) is 26.0 Å². The lowest BCUT2D eigenvalue weighted by atomic mass is 10.0. The van der Waals surface area contributed by atoms with E-state index in [0.717, 1.165) is 11.1 Å². The van der Waals surface area contributed by atoms with Gasteiger partial charge in [-0.1, -0.05) is 23.8 Å². The third-order valence-electron chi connectivity index (χ3n) is 2.86. The summed E-state index contributed by atoms with van der Waals surface area (Å²) in [6.45, 7) is 6.48. The zero-order chi connectivity index (χ0) is 14.1. The number of benzene rings is 1. The lowest BCUT2D eigenvalue weighted by Crippen LogP contribution is -2.13. The van der Waals surface area contributed by atoms with Crippen molar-refractivity contribution in [2.45, 2.75) is 20.0 Å². The molecule has 0 bridgehead atoms. The van der Waals surface area contributed by atoms with Crippen molar-refractivity contribution in [2.75, 3.05) is 40.1 Å². The van der Waals surface area contributed by atoms with Crippen molar-refractivity contribution in [1.29, 1.82) is 0 Å². The van der Waals surface area contributed by atoms with E-state index in [-0.39, 0.29) is 6.61 Å². The van der Waals surface area contributed by atoms with Gasteiger partial charge in [0.25, 0.3) is 0 Å². The molecule has 1 atom stereocenters. The number of aliphatic hydroxyl groups excluding tert-OH is 1. The van der Waals surface area contributed by atoms with Crippen LogP contribution in [0.4, 0.5) is 0 Å². The molecule has 108 valence electrons. The summed E-state index contributed by atoms with van der Waals surface area (Å²) in [7, 11) is 1.64. The highest BCUT2D eigenvalue weighted by molar-refractivity contribution is 5.31. The Morgan fingerprint density at radius 3 is 2.42 bits per heavy atom. The van der Waals surface area contributed by atoms with E-state index >= 15 is 0 Å². The highest BCUT2D eigenvalue weighted by Gasteiger charge is 2.10. The van der Waals surface area contributed by atoms with Crippen LogP contribution < -0.4 is 0 Å². The van der Waals surface area contributed by atoms with E-state index in [4.69, 9.17) is 14.2 Å². The largest absolute Gasteiger partial charge is 0.386 e. The number of aryl methyl sites for hydroxylation is 2. The Morgan fingerprint density at radius 2 is 1.74 bits per heavy atom. The Balaban J connectivity index is 2.22. The lowest BCUT2D eigenvalue weighted by molar-refractivity contribution is -0.00604. The van der Waals surface area contributed by atoms with E-state index < -0.39 is 6.10 Å². The molecular weight excluding hydrogens is 244 g/mol. The highest BCUT2D eigenvalue weighted by Crippen LogP contribution is 2.19. The van der Waals surface area contributed by atoms with Crippen LogP contribution in [0, 0.1) is 13.8 Å². The van der Waals surface area contributed by atoms with Crippen molar-refractivity contribution in [2.24, 2.45) is 0 Å². The first-order valence-electron chi connectivity index (χ1n) is 6.54. The van der Waals surface area contributed by atoms with Crippen LogP contribution in [-0.4, -0.2) is 45.3 Å². The monoisotopic (exact) mass is 268 g/mol.